The molecule has 0 radical (unpaired) electrons. The topological polar surface area (TPSA) is 38.8 Å². The van der Waals surface area contributed by atoms with Crippen LogP contribution in [-0.4, -0.2) is 23.8 Å². The van der Waals surface area contributed by atoms with Crippen molar-refractivity contribution in [1.29, 1.82) is 0 Å². The first-order valence-corrected chi connectivity index (χ1v) is 10.1. The molecule has 0 N–H and O–H groups in total. The van der Waals surface area contributed by atoms with E-state index in [0.29, 0.717) is 23.9 Å². The quantitative estimate of drug-likeness (QED) is 0.406. The molecule has 3 nitrogen and oxygen atoms in total. The molecule has 2 saturated carbocycles. The molecule has 4 aliphatic rings. The highest BCUT2D eigenvalue weighted by molar-refractivity contribution is 5.66. The van der Waals surface area contributed by atoms with Crippen molar-refractivity contribution >= 4 is 5.97 Å². The summed E-state index contributed by atoms with van der Waals surface area (Å²) in [5, 5.41) is 0. The van der Waals surface area contributed by atoms with E-state index in [1.807, 2.05) is 0 Å². The highest BCUT2D eigenvalue weighted by atomic mass is 16.6. The highest BCUT2D eigenvalue weighted by Crippen LogP contribution is 2.67. The van der Waals surface area contributed by atoms with Crippen molar-refractivity contribution in [3.05, 3.63) is 11.6 Å². The van der Waals surface area contributed by atoms with Crippen molar-refractivity contribution < 1.29 is 14.3 Å². The van der Waals surface area contributed by atoms with Crippen LogP contribution < -0.4 is 0 Å². The van der Waals surface area contributed by atoms with E-state index in [-0.39, 0.29) is 28.5 Å². The molecule has 0 bridgehead atoms. The van der Waals surface area contributed by atoms with Gasteiger partial charge in [0, 0.05) is 12.3 Å². The Morgan fingerprint density at radius 3 is 2.64 bits per heavy atom. The molecule has 7 atom stereocenters. The van der Waals surface area contributed by atoms with E-state index in [0.717, 1.165) is 19.3 Å². The molecule has 1 heterocycles. The zero-order chi connectivity index (χ0) is 18.2. The summed E-state index contributed by atoms with van der Waals surface area (Å²) in [4.78, 5) is 11.9. The number of hydrogen-bond acceptors (Lipinski definition) is 3. The van der Waals surface area contributed by atoms with Gasteiger partial charge in [0.25, 0.3) is 0 Å². The maximum atomic E-state index is 11.9. The maximum Gasteiger partial charge on any atom is 0.302 e. The van der Waals surface area contributed by atoms with Gasteiger partial charge >= 0.3 is 5.97 Å². The Balaban J connectivity index is 1.75. The molecule has 25 heavy (non-hydrogen) atoms. The third-order valence-electron chi connectivity index (χ3n) is 8.15. The molecular weight excluding hydrogens is 312 g/mol. The van der Waals surface area contributed by atoms with Crippen LogP contribution in [0.2, 0.25) is 0 Å². The molecule has 3 aliphatic carbocycles. The molecular formula is C22H34O3. The van der Waals surface area contributed by atoms with Crippen molar-refractivity contribution in [3.8, 4) is 0 Å². The second-order valence-electron chi connectivity index (χ2n) is 10.3. The van der Waals surface area contributed by atoms with Gasteiger partial charge in [-0.1, -0.05) is 39.3 Å². The average Bonchev–Trinajstić information content (AvgIpc) is 2.97. The molecule has 140 valence electrons. The lowest BCUT2D eigenvalue weighted by atomic mass is 9.50. The number of epoxide rings is 1. The lowest BCUT2D eigenvalue weighted by Crippen LogP contribution is -2.54. The molecule has 1 aliphatic heterocycles. The van der Waals surface area contributed by atoms with Crippen LogP contribution in [0.25, 0.3) is 0 Å². The van der Waals surface area contributed by atoms with E-state index in [4.69, 9.17) is 9.47 Å². The standard InChI is InChI=1S/C22H34O3/c1-13(2)15-7-9-21(5)17(24-14(3)23)11-20(4)12-18-22(6,25-18)10-8-16(20)19(15)21/h7,13,16-19H,8-12H2,1-6H3/t16-,17+,18-,19-,20+,21+,22+/m0/s1. The SMILES string of the molecule is CC(=O)O[C@@H]1C[C@]2(C)C[C@@H]3O[C@]3(C)CC[C@H]2[C@@H]2C(C(C)C)=CC[C@]12C. The van der Waals surface area contributed by atoms with E-state index in [2.05, 4.69) is 40.7 Å². The molecule has 0 aromatic rings. The summed E-state index contributed by atoms with van der Waals surface area (Å²) in [6.45, 7) is 13.3. The number of esters is 1. The Kier molecular flexibility index (Phi) is 3.76. The summed E-state index contributed by atoms with van der Waals surface area (Å²) in [7, 11) is 0. The number of rotatable bonds is 2. The van der Waals surface area contributed by atoms with Crippen molar-refractivity contribution in [2.45, 2.75) is 91.5 Å². The van der Waals surface area contributed by atoms with Crippen LogP contribution in [0.3, 0.4) is 0 Å². The molecule has 0 amide bonds. The number of allylic oxidation sites excluding steroid dienone is 2. The molecule has 1 saturated heterocycles. The van der Waals surface area contributed by atoms with Gasteiger partial charge in [-0.25, -0.2) is 0 Å². The van der Waals surface area contributed by atoms with Crippen molar-refractivity contribution in [2.24, 2.45) is 28.6 Å². The highest BCUT2D eigenvalue weighted by Gasteiger charge is 2.65. The van der Waals surface area contributed by atoms with Gasteiger partial charge in [-0.05, 0) is 62.2 Å². The third-order valence-corrected chi connectivity index (χ3v) is 8.15. The van der Waals surface area contributed by atoms with E-state index in [1.54, 1.807) is 12.5 Å². The monoisotopic (exact) mass is 346 g/mol. The van der Waals surface area contributed by atoms with Crippen molar-refractivity contribution in [2.75, 3.05) is 0 Å². The van der Waals surface area contributed by atoms with E-state index in [1.165, 1.54) is 12.8 Å². The molecule has 0 aromatic carbocycles. The Labute approximate surface area is 152 Å². The summed E-state index contributed by atoms with van der Waals surface area (Å²) < 4.78 is 12.0. The van der Waals surface area contributed by atoms with Crippen LogP contribution in [-0.2, 0) is 14.3 Å². The first-order chi connectivity index (χ1) is 11.6. The van der Waals surface area contributed by atoms with Gasteiger partial charge in [-0.2, -0.15) is 0 Å². The number of ether oxygens (including phenoxy) is 2. The number of hydrogen-bond donors (Lipinski definition) is 0. The smallest absolute Gasteiger partial charge is 0.302 e. The fourth-order valence-corrected chi connectivity index (χ4v) is 6.56. The van der Waals surface area contributed by atoms with E-state index < -0.39 is 0 Å². The molecule has 3 heteroatoms. The Morgan fingerprint density at radius 2 is 2.00 bits per heavy atom. The van der Waals surface area contributed by atoms with Crippen LogP contribution in [0, 0.1) is 28.6 Å². The van der Waals surface area contributed by atoms with Crippen molar-refractivity contribution in [3.63, 3.8) is 0 Å². The van der Waals surface area contributed by atoms with Gasteiger partial charge < -0.3 is 9.47 Å². The van der Waals surface area contributed by atoms with E-state index in [9.17, 15) is 4.79 Å². The summed E-state index contributed by atoms with van der Waals surface area (Å²) in [6, 6.07) is 0. The summed E-state index contributed by atoms with van der Waals surface area (Å²) in [5.74, 6) is 1.65. The minimum Gasteiger partial charge on any atom is -0.462 e. The molecule has 0 unspecified atom stereocenters. The molecule has 0 aromatic heterocycles. The molecule has 0 spiro atoms. The number of carbonyl (C=O) groups excluding carboxylic acids is 1. The van der Waals surface area contributed by atoms with E-state index >= 15 is 0 Å². The lowest BCUT2D eigenvalue weighted by Gasteiger charge is -2.56. The molecule has 3 fully saturated rings. The summed E-state index contributed by atoms with van der Waals surface area (Å²) in [5.41, 5.74) is 1.97. The van der Waals surface area contributed by atoms with Crippen molar-refractivity contribution in [1.82, 2.24) is 0 Å². The Morgan fingerprint density at radius 1 is 1.28 bits per heavy atom. The number of fused-ring (bicyclic) bond motifs is 4. The minimum absolute atomic E-state index is 0.0202. The summed E-state index contributed by atoms with van der Waals surface area (Å²) >= 11 is 0. The van der Waals surface area contributed by atoms with Gasteiger partial charge in [0.05, 0.1) is 11.7 Å². The first-order valence-electron chi connectivity index (χ1n) is 10.1. The first kappa shape index (κ1) is 17.6. The van der Waals surface area contributed by atoms with Gasteiger partial charge in [0.15, 0.2) is 0 Å². The normalized spacial score (nSPS) is 51.1. The fraction of sp³-hybridized carbons (Fsp3) is 0.864. The lowest BCUT2D eigenvalue weighted by molar-refractivity contribution is -0.173. The molecule has 4 rings (SSSR count). The maximum absolute atomic E-state index is 11.9. The predicted molar refractivity (Wildman–Crippen MR) is 98.0 cm³/mol. The minimum atomic E-state index is -0.133. The number of carbonyl (C=O) groups is 1. The van der Waals surface area contributed by atoms with Gasteiger partial charge in [0.2, 0.25) is 0 Å². The van der Waals surface area contributed by atoms with Crippen LogP contribution in [0.4, 0.5) is 0 Å². The van der Waals surface area contributed by atoms with Crippen LogP contribution >= 0.6 is 0 Å². The second-order valence-corrected chi connectivity index (χ2v) is 10.3. The zero-order valence-electron chi connectivity index (χ0n) is 16.7. The largest absolute Gasteiger partial charge is 0.462 e. The zero-order valence-corrected chi connectivity index (χ0v) is 16.7. The van der Waals surface area contributed by atoms with Crippen LogP contribution in [0.5, 0.6) is 0 Å². The third kappa shape index (κ3) is 2.52. The van der Waals surface area contributed by atoms with Gasteiger partial charge in [-0.3, -0.25) is 4.79 Å². The Hall–Kier alpha value is -0.830. The van der Waals surface area contributed by atoms with Gasteiger partial charge in [-0.15, -0.1) is 0 Å². The Bertz CT molecular complexity index is 623. The average molecular weight is 347 g/mol. The summed E-state index contributed by atoms with van der Waals surface area (Å²) in [6.07, 6.45) is 8.45. The van der Waals surface area contributed by atoms with Crippen LogP contribution in [0.1, 0.15) is 73.6 Å². The second kappa shape index (κ2) is 5.34. The fourth-order valence-electron chi connectivity index (χ4n) is 6.56. The predicted octanol–water partition coefficient (Wildman–Crippen LogP) is 4.89. The van der Waals surface area contributed by atoms with Crippen LogP contribution in [0.15, 0.2) is 11.6 Å². The van der Waals surface area contributed by atoms with Gasteiger partial charge in [0.1, 0.15) is 6.10 Å².